The van der Waals surface area contributed by atoms with Crippen LogP contribution in [0, 0.1) is 0 Å². The van der Waals surface area contributed by atoms with Crippen molar-refractivity contribution in [3.8, 4) is 0 Å². The number of pyridine rings is 2. The van der Waals surface area contributed by atoms with Gasteiger partial charge < -0.3 is 5.43 Å². The number of carbonyl (C=O) groups is 1. The van der Waals surface area contributed by atoms with E-state index in [-0.39, 0.29) is 17.1 Å². The molecule has 3 N–H and O–H groups in total. The fraction of sp³-hybridized carbons (Fsp3) is 0.0833. The predicted molar refractivity (Wildman–Crippen MR) is 73.3 cm³/mol. The lowest BCUT2D eigenvalue weighted by molar-refractivity contribution is 0.0865. The van der Waals surface area contributed by atoms with Crippen molar-refractivity contribution < 1.29 is 13.2 Å². The van der Waals surface area contributed by atoms with E-state index in [0.29, 0.717) is 11.4 Å². The first-order valence-corrected chi connectivity index (χ1v) is 7.41. The Morgan fingerprint density at radius 1 is 1.24 bits per heavy atom. The van der Waals surface area contributed by atoms with E-state index >= 15 is 0 Å². The molecule has 0 fully saturated rings. The summed E-state index contributed by atoms with van der Waals surface area (Å²) in [5.41, 5.74) is 3.04. The number of hydrogen-bond acceptors (Lipinski definition) is 7. The minimum atomic E-state index is -3.91. The highest BCUT2D eigenvalue weighted by Gasteiger charge is 2.42. The van der Waals surface area contributed by atoms with E-state index in [9.17, 15) is 13.2 Å². The third-order valence-corrected chi connectivity index (χ3v) is 4.75. The smallest absolute Gasteiger partial charge is 0.285 e. The van der Waals surface area contributed by atoms with Gasteiger partial charge in [0.05, 0.1) is 12.1 Å². The van der Waals surface area contributed by atoms with Gasteiger partial charge in [0, 0.05) is 12.4 Å². The molecule has 1 amide bonds. The predicted octanol–water partition coefficient (Wildman–Crippen LogP) is 0.107. The zero-order valence-electron chi connectivity index (χ0n) is 10.7. The number of sulfonamides is 1. The Morgan fingerprint density at radius 3 is 2.76 bits per heavy atom. The molecule has 3 rings (SSSR count). The standard InChI is InChI=1S/C12H11N5O3S/c13-16-10-6-8(3-5-14-10)7-17-12(18)9-2-1-4-15-11(9)21(17,19)20/h1-6H,7,13H2,(H,14,16). The maximum atomic E-state index is 12.3. The molecule has 0 aromatic carbocycles. The van der Waals surface area contributed by atoms with E-state index in [0.717, 1.165) is 4.31 Å². The Labute approximate surface area is 120 Å². The molecule has 3 heterocycles. The summed E-state index contributed by atoms with van der Waals surface area (Å²) in [5, 5.41) is -0.207. The van der Waals surface area contributed by atoms with Crippen LogP contribution < -0.4 is 11.3 Å². The summed E-state index contributed by atoms with van der Waals surface area (Å²) in [4.78, 5) is 19.9. The molecule has 0 atom stereocenters. The highest BCUT2D eigenvalue weighted by Crippen LogP contribution is 2.29. The van der Waals surface area contributed by atoms with Crippen molar-refractivity contribution in [2.75, 3.05) is 5.43 Å². The van der Waals surface area contributed by atoms with Crippen molar-refractivity contribution in [2.45, 2.75) is 11.6 Å². The normalized spacial score (nSPS) is 15.9. The number of amides is 1. The van der Waals surface area contributed by atoms with Crippen molar-refractivity contribution in [3.05, 3.63) is 47.8 Å². The number of fused-ring (bicyclic) bond motifs is 1. The molecule has 9 heteroatoms. The topological polar surface area (TPSA) is 118 Å². The second-order valence-corrected chi connectivity index (χ2v) is 6.14. The van der Waals surface area contributed by atoms with E-state index in [1.54, 1.807) is 12.1 Å². The Balaban J connectivity index is 1.99. The molecule has 0 saturated heterocycles. The van der Waals surface area contributed by atoms with Crippen LogP contribution in [-0.2, 0) is 16.6 Å². The van der Waals surface area contributed by atoms with Gasteiger partial charge in [-0.3, -0.25) is 4.79 Å². The van der Waals surface area contributed by atoms with Gasteiger partial charge in [-0.2, -0.15) is 8.42 Å². The molecule has 0 aliphatic carbocycles. The number of aromatic nitrogens is 2. The zero-order chi connectivity index (χ0) is 15.0. The van der Waals surface area contributed by atoms with Crippen LogP contribution in [0.1, 0.15) is 15.9 Å². The first-order chi connectivity index (χ1) is 10.0. The Hall–Kier alpha value is -2.52. The fourth-order valence-corrected chi connectivity index (χ4v) is 3.55. The van der Waals surface area contributed by atoms with Crippen LogP contribution in [0.25, 0.3) is 0 Å². The van der Waals surface area contributed by atoms with Gasteiger partial charge in [0.1, 0.15) is 5.82 Å². The van der Waals surface area contributed by atoms with E-state index in [1.165, 1.54) is 24.5 Å². The lowest BCUT2D eigenvalue weighted by atomic mass is 10.2. The number of nitrogens with two attached hydrogens (primary N) is 1. The monoisotopic (exact) mass is 305 g/mol. The third-order valence-electron chi connectivity index (χ3n) is 3.06. The van der Waals surface area contributed by atoms with Crippen LogP contribution in [0.2, 0.25) is 0 Å². The molecule has 8 nitrogen and oxygen atoms in total. The molecule has 0 spiro atoms. The SMILES string of the molecule is NNc1cc(CN2C(=O)c3cccnc3S2(=O)=O)ccn1. The average Bonchev–Trinajstić information content (AvgIpc) is 2.69. The van der Waals surface area contributed by atoms with Crippen LogP contribution >= 0.6 is 0 Å². The summed E-state index contributed by atoms with van der Waals surface area (Å²) in [6.45, 7) is -0.102. The average molecular weight is 305 g/mol. The van der Waals surface area contributed by atoms with Gasteiger partial charge in [-0.15, -0.1) is 0 Å². The molecule has 21 heavy (non-hydrogen) atoms. The zero-order valence-corrected chi connectivity index (χ0v) is 11.5. The van der Waals surface area contributed by atoms with Gasteiger partial charge >= 0.3 is 0 Å². The lowest BCUT2D eigenvalue weighted by Crippen LogP contribution is -2.29. The van der Waals surface area contributed by atoms with Gasteiger partial charge in [0.25, 0.3) is 15.9 Å². The molecule has 2 aromatic heterocycles. The van der Waals surface area contributed by atoms with Crippen LogP contribution in [0.3, 0.4) is 0 Å². The Morgan fingerprint density at radius 2 is 2.05 bits per heavy atom. The minimum absolute atomic E-state index is 0.0868. The molecule has 0 saturated carbocycles. The van der Waals surface area contributed by atoms with Crippen molar-refractivity contribution in [1.82, 2.24) is 14.3 Å². The Kier molecular flexibility index (Phi) is 3.07. The first kappa shape index (κ1) is 13.5. The second-order valence-electron chi connectivity index (χ2n) is 4.37. The molecule has 1 aliphatic rings. The summed E-state index contributed by atoms with van der Waals surface area (Å²) < 4.78 is 25.5. The summed E-state index contributed by atoms with van der Waals surface area (Å²) in [5.74, 6) is 5.05. The maximum Gasteiger partial charge on any atom is 0.285 e. The van der Waals surface area contributed by atoms with Crippen molar-refractivity contribution in [3.63, 3.8) is 0 Å². The third kappa shape index (κ3) is 2.12. The number of anilines is 1. The molecule has 108 valence electrons. The van der Waals surface area contributed by atoms with Gasteiger partial charge in [0.15, 0.2) is 5.03 Å². The van der Waals surface area contributed by atoms with Gasteiger partial charge in [-0.05, 0) is 29.8 Å². The highest BCUT2D eigenvalue weighted by atomic mass is 32.2. The number of carbonyl (C=O) groups excluding carboxylic acids is 1. The molecule has 1 aliphatic heterocycles. The number of nitrogens with zero attached hydrogens (tertiary/aromatic N) is 3. The van der Waals surface area contributed by atoms with E-state index in [4.69, 9.17) is 5.84 Å². The number of nitrogens with one attached hydrogen (secondary N) is 1. The van der Waals surface area contributed by atoms with Crippen molar-refractivity contribution in [2.24, 2.45) is 5.84 Å². The maximum absolute atomic E-state index is 12.3. The summed E-state index contributed by atoms with van der Waals surface area (Å²) in [6, 6.07) is 6.15. The van der Waals surface area contributed by atoms with Gasteiger partial charge in [-0.1, -0.05) is 0 Å². The van der Waals surface area contributed by atoms with Crippen LogP contribution in [0.15, 0.2) is 41.7 Å². The lowest BCUT2D eigenvalue weighted by Gasteiger charge is -2.15. The summed E-state index contributed by atoms with van der Waals surface area (Å²) in [7, 11) is -3.91. The van der Waals surface area contributed by atoms with Crippen LogP contribution in [0.4, 0.5) is 5.82 Å². The van der Waals surface area contributed by atoms with Gasteiger partial charge in [0.2, 0.25) is 0 Å². The quantitative estimate of drug-likeness (QED) is 0.610. The second kappa shape index (κ2) is 4.79. The molecule has 0 bridgehead atoms. The number of hydrazine groups is 1. The van der Waals surface area contributed by atoms with E-state index in [1.807, 2.05) is 0 Å². The van der Waals surface area contributed by atoms with Crippen LogP contribution in [-0.4, -0.2) is 28.6 Å². The molecule has 0 radical (unpaired) electrons. The summed E-state index contributed by atoms with van der Waals surface area (Å²) >= 11 is 0. The number of hydrogen-bond donors (Lipinski definition) is 2. The van der Waals surface area contributed by atoms with E-state index in [2.05, 4.69) is 15.4 Å². The molecule has 0 unspecified atom stereocenters. The minimum Gasteiger partial charge on any atom is -0.308 e. The number of nitrogen functional groups attached to an aromatic ring is 1. The highest BCUT2D eigenvalue weighted by molar-refractivity contribution is 7.90. The van der Waals surface area contributed by atoms with Crippen LogP contribution in [0.5, 0.6) is 0 Å². The molecule has 2 aromatic rings. The van der Waals surface area contributed by atoms with Crippen molar-refractivity contribution in [1.29, 1.82) is 0 Å². The van der Waals surface area contributed by atoms with E-state index < -0.39 is 15.9 Å². The number of rotatable bonds is 3. The first-order valence-electron chi connectivity index (χ1n) is 5.97. The molecular formula is C12H11N5O3S. The Bertz CT molecular complexity index is 821. The summed E-state index contributed by atoms with van der Waals surface area (Å²) in [6.07, 6.45) is 2.82. The fourth-order valence-electron chi connectivity index (χ4n) is 2.08. The molecular weight excluding hydrogens is 294 g/mol. The largest absolute Gasteiger partial charge is 0.308 e. The van der Waals surface area contributed by atoms with Gasteiger partial charge in [-0.25, -0.2) is 20.1 Å². The van der Waals surface area contributed by atoms with Crippen molar-refractivity contribution >= 4 is 21.7 Å².